The number of hydrogen-bond acceptors (Lipinski definition) is 6. The Morgan fingerprint density at radius 2 is 2.19 bits per heavy atom. The van der Waals surface area contributed by atoms with Crippen molar-refractivity contribution in [3.63, 3.8) is 0 Å². The van der Waals surface area contributed by atoms with Gasteiger partial charge >= 0.3 is 5.97 Å². The Bertz CT molecular complexity index is 525. The molecular weight excluding hydrogens is 338 g/mol. The van der Waals surface area contributed by atoms with Gasteiger partial charge in [0.1, 0.15) is 0 Å². The van der Waals surface area contributed by atoms with Gasteiger partial charge in [-0.15, -0.1) is 0 Å². The van der Waals surface area contributed by atoms with Crippen LogP contribution in [0.1, 0.15) is 26.2 Å². The number of rotatable bonds is 8. The lowest BCUT2D eigenvalue weighted by molar-refractivity contribution is -0.133. The first-order valence-electron chi connectivity index (χ1n) is 9.19. The second kappa shape index (κ2) is 10.0. The maximum atomic E-state index is 11.6. The fraction of sp³-hybridized carbons (Fsp3) is 0.778. The lowest BCUT2D eigenvalue weighted by Crippen LogP contribution is -2.62. The van der Waals surface area contributed by atoms with Crippen molar-refractivity contribution in [1.29, 1.82) is 0 Å². The van der Waals surface area contributed by atoms with Crippen molar-refractivity contribution >= 4 is 11.9 Å². The van der Waals surface area contributed by atoms with Gasteiger partial charge in [-0.1, -0.05) is 6.08 Å². The molecule has 1 amide bonds. The Morgan fingerprint density at radius 3 is 2.85 bits per heavy atom. The van der Waals surface area contributed by atoms with E-state index in [1.165, 1.54) is 6.92 Å². The Balaban J connectivity index is 2.08. The Kier molecular flexibility index (Phi) is 8.02. The minimum Gasteiger partial charge on any atom is -0.478 e. The summed E-state index contributed by atoms with van der Waals surface area (Å²) < 4.78 is 10.7. The number of aliphatic carboxylic acids is 1. The molecule has 26 heavy (non-hydrogen) atoms. The van der Waals surface area contributed by atoms with Crippen molar-refractivity contribution in [1.82, 2.24) is 10.2 Å². The van der Waals surface area contributed by atoms with E-state index in [-0.39, 0.29) is 24.4 Å². The molecule has 0 aromatic heterocycles. The maximum Gasteiger partial charge on any atom is 0.331 e. The lowest BCUT2D eigenvalue weighted by atomic mass is 9.84. The van der Waals surface area contributed by atoms with E-state index in [0.29, 0.717) is 31.3 Å². The fourth-order valence-corrected chi connectivity index (χ4v) is 3.83. The highest BCUT2D eigenvalue weighted by atomic mass is 16.5. The van der Waals surface area contributed by atoms with Crippen molar-refractivity contribution in [3.05, 3.63) is 11.6 Å². The van der Waals surface area contributed by atoms with Gasteiger partial charge in [0.2, 0.25) is 5.91 Å². The predicted molar refractivity (Wildman–Crippen MR) is 96.7 cm³/mol. The molecule has 1 saturated heterocycles. The maximum absolute atomic E-state index is 11.6. The van der Waals surface area contributed by atoms with Gasteiger partial charge in [-0.3, -0.25) is 9.69 Å². The zero-order chi connectivity index (χ0) is 19.1. The molecule has 0 spiro atoms. The largest absolute Gasteiger partial charge is 0.478 e. The van der Waals surface area contributed by atoms with Crippen LogP contribution in [0.15, 0.2) is 11.6 Å². The highest BCUT2D eigenvalue weighted by Crippen LogP contribution is 2.27. The molecule has 8 nitrogen and oxygen atoms in total. The SMILES string of the molecule is COCCOC[C@H]1CCCN([C@@H]2C=C(C(=O)O)C[C@H](N)[C@H]2NC(C)=O)C1. The Hall–Kier alpha value is -1.48. The molecular formula is C18H31N3O5. The zero-order valence-corrected chi connectivity index (χ0v) is 15.6. The Morgan fingerprint density at radius 1 is 1.42 bits per heavy atom. The number of amides is 1. The molecule has 0 aromatic carbocycles. The van der Waals surface area contributed by atoms with E-state index in [4.69, 9.17) is 15.2 Å². The van der Waals surface area contributed by atoms with E-state index in [1.807, 2.05) is 0 Å². The molecule has 0 aromatic rings. The number of ether oxygens (including phenoxy) is 2. The second-order valence-corrected chi connectivity index (χ2v) is 7.15. The third-order valence-corrected chi connectivity index (χ3v) is 5.06. The molecule has 8 heteroatoms. The smallest absolute Gasteiger partial charge is 0.331 e. The van der Waals surface area contributed by atoms with E-state index in [2.05, 4.69) is 10.2 Å². The molecule has 0 unspecified atom stereocenters. The molecule has 0 radical (unpaired) electrons. The number of piperidine rings is 1. The number of carboxylic acid groups (broad SMARTS) is 1. The van der Waals surface area contributed by atoms with Gasteiger partial charge in [0.05, 0.1) is 31.9 Å². The average molecular weight is 369 g/mol. The van der Waals surface area contributed by atoms with Gasteiger partial charge in [0, 0.05) is 32.2 Å². The van der Waals surface area contributed by atoms with Crippen molar-refractivity contribution in [2.75, 3.05) is 40.0 Å². The second-order valence-electron chi connectivity index (χ2n) is 7.15. The summed E-state index contributed by atoms with van der Waals surface area (Å²) >= 11 is 0. The predicted octanol–water partition coefficient (Wildman–Crippen LogP) is -0.0233. The number of carbonyl (C=O) groups is 2. The summed E-state index contributed by atoms with van der Waals surface area (Å²) in [6.45, 7) is 4.90. The van der Waals surface area contributed by atoms with Crippen LogP contribution in [-0.2, 0) is 19.1 Å². The number of hydrogen-bond donors (Lipinski definition) is 3. The monoisotopic (exact) mass is 369 g/mol. The van der Waals surface area contributed by atoms with Gasteiger partial charge in [0.25, 0.3) is 0 Å². The number of nitrogens with zero attached hydrogens (tertiary/aromatic N) is 1. The molecule has 4 N–H and O–H groups in total. The summed E-state index contributed by atoms with van der Waals surface area (Å²) in [5, 5.41) is 12.3. The summed E-state index contributed by atoms with van der Waals surface area (Å²) in [6.07, 6.45) is 4.10. The standard InChI is InChI=1S/C18H31N3O5/c1-12(22)20-17-15(19)8-14(18(23)24)9-16(17)21-5-3-4-13(10-21)11-26-7-6-25-2/h9,13,15-17H,3-8,10-11,19H2,1-2H3,(H,20,22)(H,23,24)/t13-,15-,16+,17+/m0/s1. The first-order chi connectivity index (χ1) is 12.4. The van der Waals surface area contributed by atoms with Crippen molar-refractivity contribution in [2.45, 2.75) is 44.3 Å². The van der Waals surface area contributed by atoms with Gasteiger partial charge in [-0.05, 0) is 31.7 Å². The van der Waals surface area contributed by atoms with E-state index < -0.39 is 12.0 Å². The van der Waals surface area contributed by atoms with Crippen LogP contribution in [0.5, 0.6) is 0 Å². The van der Waals surface area contributed by atoms with Gasteiger partial charge in [-0.25, -0.2) is 4.79 Å². The van der Waals surface area contributed by atoms with Crippen molar-refractivity contribution < 1.29 is 24.2 Å². The first kappa shape index (κ1) is 20.8. The third-order valence-electron chi connectivity index (χ3n) is 5.06. The zero-order valence-electron chi connectivity index (χ0n) is 15.6. The molecule has 2 rings (SSSR count). The topological polar surface area (TPSA) is 114 Å². The highest BCUT2D eigenvalue weighted by Gasteiger charge is 2.38. The highest BCUT2D eigenvalue weighted by molar-refractivity contribution is 5.87. The number of nitrogens with two attached hydrogens (primary N) is 1. The molecule has 1 fully saturated rings. The summed E-state index contributed by atoms with van der Waals surface area (Å²) in [5.41, 5.74) is 6.54. The van der Waals surface area contributed by atoms with Crippen LogP contribution in [0, 0.1) is 5.92 Å². The van der Waals surface area contributed by atoms with Crippen molar-refractivity contribution in [3.8, 4) is 0 Å². The number of likely N-dealkylation sites (tertiary alicyclic amines) is 1. The van der Waals surface area contributed by atoms with Crippen LogP contribution in [0.25, 0.3) is 0 Å². The number of carbonyl (C=O) groups excluding carboxylic acids is 1. The minimum absolute atomic E-state index is 0.154. The van der Waals surface area contributed by atoms with Crippen LogP contribution in [-0.4, -0.2) is 80.0 Å². The van der Waals surface area contributed by atoms with Crippen LogP contribution < -0.4 is 11.1 Å². The minimum atomic E-state index is -0.941. The van der Waals surface area contributed by atoms with Gasteiger partial charge in [-0.2, -0.15) is 0 Å². The fourth-order valence-electron chi connectivity index (χ4n) is 3.83. The number of carboxylic acids is 1. The van der Waals surface area contributed by atoms with E-state index in [0.717, 1.165) is 25.9 Å². The number of methoxy groups -OCH3 is 1. The normalized spacial score (nSPS) is 29.9. The van der Waals surface area contributed by atoms with E-state index in [1.54, 1.807) is 13.2 Å². The van der Waals surface area contributed by atoms with Crippen LogP contribution >= 0.6 is 0 Å². The Labute approximate surface area is 154 Å². The summed E-state index contributed by atoms with van der Waals surface area (Å²) in [6, 6.07) is -0.919. The van der Waals surface area contributed by atoms with Crippen LogP contribution in [0.4, 0.5) is 0 Å². The lowest BCUT2D eigenvalue weighted by Gasteiger charge is -2.44. The summed E-state index contributed by atoms with van der Waals surface area (Å²) in [7, 11) is 1.65. The van der Waals surface area contributed by atoms with E-state index >= 15 is 0 Å². The molecule has 148 valence electrons. The van der Waals surface area contributed by atoms with E-state index in [9.17, 15) is 14.7 Å². The van der Waals surface area contributed by atoms with Gasteiger partial charge < -0.3 is 25.6 Å². The third kappa shape index (κ3) is 5.77. The molecule has 2 aliphatic rings. The molecule has 4 atom stereocenters. The molecule has 1 aliphatic heterocycles. The van der Waals surface area contributed by atoms with Crippen molar-refractivity contribution in [2.24, 2.45) is 11.7 Å². The van der Waals surface area contributed by atoms with Gasteiger partial charge in [0.15, 0.2) is 0 Å². The number of nitrogens with one attached hydrogen (secondary N) is 1. The molecule has 0 bridgehead atoms. The molecule has 1 aliphatic carbocycles. The van der Waals surface area contributed by atoms with Crippen LogP contribution in [0.3, 0.4) is 0 Å². The molecule has 0 saturated carbocycles. The van der Waals surface area contributed by atoms with Crippen LogP contribution in [0.2, 0.25) is 0 Å². The average Bonchev–Trinajstić information content (AvgIpc) is 2.60. The summed E-state index contributed by atoms with van der Waals surface area (Å²) in [5.74, 6) is -0.722. The molecule has 1 heterocycles. The summed E-state index contributed by atoms with van der Waals surface area (Å²) in [4.78, 5) is 25.3. The quantitative estimate of drug-likeness (QED) is 0.515. The first-order valence-corrected chi connectivity index (χ1v) is 9.19.